The monoisotopic (exact) mass is 957 g/mol. The number of carbonyl (C=O) groups is 5. The lowest BCUT2D eigenvalue weighted by molar-refractivity contribution is -0.151. The second kappa shape index (κ2) is 27.6. The summed E-state index contributed by atoms with van der Waals surface area (Å²) in [5.74, 6) is 0.0677. The zero-order valence-electron chi connectivity index (χ0n) is 48.1. The van der Waals surface area contributed by atoms with Gasteiger partial charge in [0.1, 0.15) is 5.60 Å². The molecule has 0 saturated carbocycles. The van der Waals surface area contributed by atoms with E-state index in [0.717, 1.165) is 5.56 Å². The van der Waals surface area contributed by atoms with Gasteiger partial charge in [0.05, 0.1) is 18.4 Å². The number of rotatable bonds is 8. The summed E-state index contributed by atoms with van der Waals surface area (Å²) in [5.41, 5.74) is 1.81. The first-order chi connectivity index (χ1) is 30.2. The topological polar surface area (TPSA) is 154 Å². The molecule has 3 N–H and O–H groups in total. The third-order valence-electron chi connectivity index (χ3n) is 11.2. The molecule has 0 fully saturated rings. The van der Waals surface area contributed by atoms with Gasteiger partial charge in [-0.1, -0.05) is 61.0 Å². The van der Waals surface area contributed by atoms with Crippen molar-refractivity contribution in [2.45, 2.75) is 210 Å². The Morgan fingerprint density at radius 1 is 0.471 bits per heavy atom. The molecule has 0 unspecified atom stereocenters. The Morgan fingerprint density at radius 2 is 0.794 bits per heavy atom. The molecule has 0 spiro atoms. The molecule has 392 valence electrons. The summed E-state index contributed by atoms with van der Waals surface area (Å²) in [7, 11) is 8.95. The number of urea groups is 1. The Balaban J connectivity index is -0.000000809. The Kier molecular flexibility index (Phi) is 27.5. The fourth-order valence-corrected chi connectivity index (χ4v) is 4.99. The first-order valence-electron chi connectivity index (χ1n) is 23.9. The van der Waals surface area contributed by atoms with E-state index in [0.29, 0.717) is 19.4 Å². The van der Waals surface area contributed by atoms with E-state index in [2.05, 4.69) is 48.6 Å². The van der Waals surface area contributed by atoms with Gasteiger partial charge in [-0.05, 0) is 162 Å². The molecule has 13 heteroatoms. The van der Waals surface area contributed by atoms with Crippen LogP contribution in [0.15, 0.2) is 48.5 Å². The lowest BCUT2D eigenvalue weighted by Crippen LogP contribution is -2.51. The molecular formula is C55H100N6O7. The van der Waals surface area contributed by atoms with E-state index in [-0.39, 0.29) is 63.8 Å². The van der Waals surface area contributed by atoms with Crippen LogP contribution in [0.2, 0.25) is 0 Å². The summed E-state index contributed by atoms with van der Waals surface area (Å²) in [4.78, 5) is 66.1. The van der Waals surface area contributed by atoms with E-state index >= 15 is 0 Å². The summed E-state index contributed by atoms with van der Waals surface area (Å²) < 4.78 is 0. The number of carbonyl (C=O) groups excluding carboxylic acids is 5. The van der Waals surface area contributed by atoms with Crippen LogP contribution in [0.4, 0.5) is 4.79 Å². The Bertz CT molecular complexity index is 1830. The van der Waals surface area contributed by atoms with E-state index in [4.69, 9.17) is 0 Å². The van der Waals surface area contributed by atoms with Gasteiger partial charge < -0.3 is 40.0 Å². The SMILES string of the molecule is CCC(=O)N(C)C(C)(C)C.CCNC(=O)N(C)C(C)(C)C.CN(C(=O)C(C)(C)O)C(C)(C)C.CN(C(=O)CC(C)(C)O)C(C)(C)C.Cc1ccc(-c2ccc(CC(=O)N(C)C(C)(C)C)cc2)cc1. The lowest BCUT2D eigenvalue weighted by atomic mass is 10.0. The smallest absolute Gasteiger partial charge is 0.317 e. The molecule has 0 atom stereocenters. The molecule has 0 bridgehead atoms. The van der Waals surface area contributed by atoms with Gasteiger partial charge >= 0.3 is 6.03 Å². The molecule has 13 nitrogen and oxygen atoms in total. The number of nitrogens with one attached hydrogen (secondary N) is 1. The maximum absolute atomic E-state index is 12.3. The predicted molar refractivity (Wildman–Crippen MR) is 285 cm³/mol. The van der Waals surface area contributed by atoms with Crippen molar-refractivity contribution < 1.29 is 34.2 Å². The molecule has 0 heterocycles. The van der Waals surface area contributed by atoms with Crippen molar-refractivity contribution in [3.05, 3.63) is 59.7 Å². The zero-order chi connectivity index (χ0) is 54.8. The molecule has 2 aromatic rings. The van der Waals surface area contributed by atoms with Crippen LogP contribution in [0.25, 0.3) is 11.1 Å². The predicted octanol–water partition coefficient (Wildman–Crippen LogP) is 9.98. The van der Waals surface area contributed by atoms with Crippen LogP contribution in [0.1, 0.15) is 169 Å². The molecule has 0 radical (unpaired) electrons. The number of benzene rings is 2. The molecule has 0 aromatic heterocycles. The zero-order valence-corrected chi connectivity index (χ0v) is 48.1. The third-order valence-corrected chi connectivity index (χ3v) is 11.2. The van der Waals surface area contributed by atoms with Gasteiger partial charge in [-0.25, -0.2) is 4.79 Å². The minimum atomic E-state index is -1.28. The van der Waals surface area contributed by atoms with E-state index in [1.807, 2.05) is 144 Å². The second-order valence-corrected chi connectivity index (χ2v) is 23.6. The average Bonchev–Trinajstić information content (AvgIpc) is 3.17. The van der Waals surface area contributed by atoms with Gasteiger partial charge in [0, 0.05) is 75.9 Å². The first-order valence-corrected chi connectivity index (χ1v) is 23.9. The maximum Gasteiger partial charge on any atom is 0.317 e. The molecule has 0 saturated heterocycles. The highest BCUT2D eigenvalue weighted by Crippen LogP contribution is 2.22. The van der Waals surface area contributed by atoms with E-state index < -0.39 is 11.2 Å². The Morgan fingerprint density at radius 3 is 1.06 bits per heavy atom. The van der Waals surface area contributed by atoms with Gasteiger partial charge in [-0.2, -0.15) is 0 Å². The number of likely N-dealkylation sites (N-methyl/N-ethyl adjacent to an activating group) is 2. The van der Waals surface area contributed by atoms with Crippen molar-refractivity contribution in [2.24, 2.45) is 0 Å². The third kappa shape index (κ3) is 28.1. The van der Waals surface area contributed by atoms with Crippen LogP contribution >= 0.6 is 0 Å². The van der Waals surface area contributed by atoms with E-state index in [9.17, 15) is 34.2 Å². The van der Waals surface area contributed by atoms with Crippen LogP contribution in [0.3, 0.4) is 0 Å². The molecule has 0 aliphatic carbocycles. The fraction of sp³-hybridized carbons (Fsp3) is 0.691. The van der Waals surface area contributed by atoms with Crippen molar-refractivity contribution >= 4 is 29.7 Å². The Labute approximate surface area is 415 Å². The summed E-state index contributed by atoms with van der Waals surface area (Å²) in [6, 6.07) is 16.7. The van der Waals surface area contributed by atoms with Gasteiger partial charge in [-0.3, -0.25) is 19.2 Å². The van der Waals surface area contributed by atoms with Gasteiger partial charge in [0.25, 0.3) is 5.91 Å². The number of hydrogen-bond donors (Lipinski definition) is 3. The second-order valence-electron chi connectivity index (χ2n) is 23.6. The van der Waals surface area contributed by atoms with Crippen molar-refractivity contribution in [3.63, 3.8) is 0 Å². The largest absolute Gasteiger partial charge is 0.390 e. The number of hydrogen-bond acceptors (Lipinski definition) is 7. The molecule has 2 rings (SSSR count). The summed E-state index contributed by atoms with van der Waals surface area (Å²) in [6.45, 7) is 42.8. The quantitative estimate of drug-likeness (QED) is 0.238. The summed E-state index contributed by atoms with van der Waals surface area (Å²) in [6.07, 6.45) is 1.20. The highest BCUT2D eigenvalue weighted by Gasteiger charge is 2.33. The van der Waals surface area contributed by atoms with Crippen LogP contribution in [-0.2, 0) is 25.6 Å². The highest BCUT2D eigenvalue weighted by atomic mass is 16.3. The fourth-order valence-electron chi connectivity index (χ4n) is 4.99. The van der Waals surface area contributed by atoms with Crippen LogP contribution < -0.4 is 5.32 Å². The maximum atomic E-state index is 12.3. The lowest BCUT2D eigenvalue weighted by Gasteiger charge is -2.35. The van der Waals surface area contributed by atoms with Gasteiger partial charge in [-0.15, -0.1) is 0 Å². The average molecular weight is 957 g/mol. The number of nitrogens with zero attached hydrogens (tertiary/aromatic N) is 5. The first kappa shape index (κ1) is 67.8. The minimum absolute atomic E-state index is 0.0139. The summed E-state index contributed by atoms with van der Waals surface area (Å²) in [5, 5.41) is 21.6. The molecular weight excluding hydrogens is 857 g/mol. The van der Waals surface area contributed by atoms with Crippen molar-refractivity contribution in [1.82, 2.24) is 29.8 Å². The van der Waals surface area contributed by atoms with Crippen molar-refractivity contribution in [2.75, 3.05) is 41.8 Å². The molecule has 0 aliphatic heterocycles. The van der Waals surface area contributed by atoms with Gasteiger partial charge in [0.2, 0.25) is 17.7 Å². The van der Waals surface area contributed by atoms with Crippen molar-refractivity contribution in [3.8, 4) is 11.1 Å². The van der Waals surface area contributed by atoms with Crippen LogP contribution in [0, 0.1) is 6.92 Å². The minimum Gasteiger partial charge on any atom is -0.390 e. The van der Waals surface area contributed by atoms with Crippen molar-refractivity contribution in [1.29, 1.82) is 0 Å². The normalized spacial score (nSPS) is 11.8. The van der Waals surface area contributed by atoms with E-state index in [1.165, 1.54) is 30.5 Å². The van der Waals surface area contributed by atoms with E-state index in [1.54, 1.807) is 59.5 Å². The molecule has 6 amide bonds. The summed E-state index contributed by atoms with van der Waals surface area (Å²) >= 11 is 0. The number of aryl methyl sites for hydroxylation is 1. The molecule has 68 heavy (non-hydrogen) atoms. The van der Waals surface area contributed by atoms with Crippen LogP contribution in [0.5, 0.6) is 0 Å². The number of amides is 6. The van der Waals surface area contributed by atoms with Gasteiger partial charge in [0.15, 0.2) is 0 Å². The highest BCUT2D eigenvalue weighted by molar-refractivity contribution is 5.84. The van der Waals surface area contributed by atoms with Crippen LogP contribution in [-0.4, -0.2) is 145 Å². The molecule has 2 aromatic carbocycles. The Hall–Kier alpha value is -4.49. The number of aliphatic hydroxyl groups is 2. The standard InChI is InChI=1S/C20H25NO.C10H21NO2.C9H19NO2.C8H18N2O.C8H17NO/c1-15-6-10-17(11-7-15)18-12-8-16(9-13-18)14-19(22)21(5)20(2,3)4;1-9(2,3)11(6)8(12)7-10(4,5)13;1-8(2,3)10(6)7(11)9(4,5)12;1-6-9-7(11)10(5)8(2,3)4;1-6-7(10)9(5)8(2,3)4/h6-13H,14H2,1-5H3;13H,7H2,1-6H3;12H,1-6H3;6H2,1-5H3,(H,9,11);6H2,1-5H3. The molecule has 0 aliphatic rings.